The van der Waals surface area contributed by atoms with E-state index in [0.717, 1.165) is 18.4 Å². The predicted octanol–water partition coefficient (Wildman–Crippen LogP) is 5.77. The van der Waals surface area contributed by atoms with Gasteiger partial charge in [0.05, 0.1) is 0 Å². The molecule has 0 saturated heterocycles. The molecule has 0 N–H and O–H groups in total. The van der Waals surface area contributed by atoms with Crippen molar-refractivity contribution in [3.8, 4) is 0 Å². The third-order valence-electron chi connectivity index (χ3n) is 4.58. The Balaban J connectivity index is 1.87. The lowest BCUT2D eigenvalue weighted by Gasteiger charge is -2.22. The van der Waals surface area contributed by atoms with Gasteiger partial charge in [0.2, 0.25) is 0 Å². The van der Waals surface area contributed by atoms with Gasteiger partial charge < -0.3 is 0 Å². The standard InChI is InChI=1S/C19H20BrF/c1-13-9-10-17(21)12-16(13)11-15-7-4-6-14-5-2-3-8-18(14)19(15)20/h2-3,5,8-10,12,15,19H,4,6-7,11H2,1H3. The molecule has 2 aromatic carbocycles. The van der Waals surface area contributed by atoms with Gasteiger partial charge in [-0.25, -0.2) is 4.39 Å². The van der Waals surface area contributed by atoms with Crippen molar-refractivity contribution < 1.29 is 4.39 Å². The van der Waals surface area contributed by atoms with Crippen molar-refractivity contribution >= 4 is 15.9 Å². The van der Waals surface area contributed by atoms with Crippen LogP contribution in [0.1, 0.15) is 39.9 Å². The summed E-state index contributed by atoms with van der Waals surface area (Å²) in [6.07, 6.45) is 4.48. The van der Waals surface area contributed by atoms with E-state index in [1.54, 1.807) is 12.1 Å². The average molecular weight is 347 g/mol. The molecule has 0 aliphatic heterocycles. The molecule has 110 valence electrons. The molecule has 3 rings (SSSR count). The lowest BCUT2D eigenvalue weighted by molar-refractivity contribution is 0.472. The van der Waals surface area contributed by atoms with E-state index in [1.807, 2.05) is 6.07 Å². The summed E-state index contributed by atoms with van der Waals surface area (Å²) in [6, 6.07) is 13.8. The Morgan fingerprint density at radius 1 is 1.19 bits per heavy atom. The lowest BCUT2D eigenvalue weighted by Crippen LogP contribution is -2.11. The predicted molar refractivity (Wildman–Crippen MR) is 89.4 cm³/mol. The smallest absolute Gasteiger partial charge is 0.123 e. The maximum Gasteiger partial charge on any atom is 0.123 e. The van der Waals surface area contributed by atoms with Gasteiger partial charge in [0.15, 0.2) is 0 Å². The molecule has 0 fully saturated rings. The zero-order valence-electron chi connectivity index (χ0n) is 12.3. The van der Waals surface area contributed by atoms with Crippen LogP contribution in [0.15, 0.2) is 42.5 Å². The second kappa shape index (κ2) is 6.31. The maximum absolute atomic E-state index is 13.5. The van der Waals surface area contributed by atoms with Crippen molar-refractivity contribution in [2.45, 2.75) is 37.4 Å². The van der Waals surface area contributed by atoms with Gasteiger partial charge in [-0.1, -0.05) is 46.3 Å². The summed E-state index contributed by atoms with van der Waals surface area (Å²) in [5.74, 6) is 0.393. The molecule has 0 radical (unpaired) electrons. The van der Waals surface area contributed by atoms with Crippen molar-refractivity contribution in [2.75, 3.05) is 0 Å². The first-order chi connectivity index (χ1) is 10.1. The van der Waals surface area contributed by atoms with Crippen LogP contribution in [0.25, 0.3) is 0 Å². The highest BCUT2D eigenvalue weighted by Gasteiger charge is 2.26. The van der Waals surface area contributed by atoms with E-state index in [0.29, 0.717) is 10.7 Å². The van der Waals surface area contributed by atoms with Crippen molar-refractivity contribution in [1.29, 1.82) is 0 Å². The lowest BCUT2D eigenvalue weighted by atomic mass is 9.89. The number of halogens is 2. The van der Waals surface area contributed by atoms with Crippen LogP contribution in [0.3, 0.4) is 0 Å². The van der Waals surface area contributed by atoms with Gasteiger partial charge in [0.1, 0.15) is 5.82 Å². The normalized spacial score (nSPS) is 21.7. The minimum Gasteiger partial charge on any atom is -0.207 e. The summed E-state index contributed by atoms with van der Waals surface area (Å²) in [6.45, 7) is 2.07. The number of hydrogen-bond donors (Lipinski definition) is 0. The zero-order chi connectivity index (χ0) is 14.8. The summed E-state index contributed by atoms with van der Waals surface area (Å²) >= 11 is 3.91. The Hall–Kier alpha value is -1.15. The Kier molecular flexibility index (Phi) is 4.44. The van der Waals surface area contributed by atoms with Gasteiger partial charge in [0.25, 0.3) is 0 Å². The zero-order valence-corrected chi connectivity index (χ0v) is 13.9. The maximum atomic E-state index is 13.5. The molecule has 0 aromatic heterocycles. The second-order valence-corrected chi connectivity index (χ2v) is 7.01. The van der Waals surface area contributed by atoms with Gasteiger partial charge >= 0.3 is 0 Å². The first kappa shape index (κ1) is 14.8. The summed E-state index contributed by atoms with van der Waals surface area (Å²) in [7, 11) is 0. The van der Waals surface area contributed by atoms with Crippen molar-refractivity contribution in [3.05, 3.63) is 70.5 Å². The largest absolute Gasteiger partial charge is 0.207 e. The molecule has 2 aromatic rings. The molecule has 0 amide bonds. The van der Waals surface area contributed by atoms with E-state index >= 15 is 0 Å². The summed E-state index contributed by atoms with van der Waals surface area (Å²) < 4.78 is 13.5. The Morgan fingerprint density at radius 3 is 2.86 bits per heavy atom. The molecule has 0 saturated carbocycles. The van der Waals surface area contributed by atoms with Crippen molar-refractivity contribution in [3.63, 3.8) is 0 Å². The molecule has 0 bridgehead atoms. The first-order valence-electron chi connectivity index (χ1n) is 7.62. The molecule has 1 aliphatic rings. The minimum absolute atomic E-state index is 0.129. The van der Waals surface area contributed by atoms with Crippen LogP contribution in [0.2, 0.25) is 0 Å². The number of fused-ring (bicyclic) bond motifs is 1. The first-order valence-corrected chi connectivity index (χ1v) is 8.53. The molecule has 2 atom stereocenters. The van der Waals surface area contributed by atoms with Gasteiger partial charge in [-0.05, 0) is 72.9 Å². The third kappa shape index (κ3) is 3.21. The number of aryl methyl sites for hydroxylation is 2. The van der Waals surface area contributed by atoms with Crippen LogP contribution < -0.4 is 0 Å². The minimum atomic E-state index is -0.129. The number of hydrogen-bond acceptors (Lipinski definition) is 0. The molecule has 1 aliphatic carbocycles. The van der Waals surface area contributed by atoms with E-state index in [9.17, 15) is 4.39 Å². The molecule has 21 heavy (non-hydrogen) atoms. The van der Waals surface area contributed by atoms with Crippen molar-refractivity contribution in [1.82, 2.24) is 0 Å². The highest BCUT2D eigenvalue weighted by atomic mass is 79.9. The van der Waals surface area contributed by atoms with Crippen LogP contribution in [0.5, 0.6) is 0 Å². The SMILES string of the molecule is Cc1ccc(F)cc1CC1CCCc2ccccc2C1Br. The van der Waals surface area contributed by atoms with Crippen LogP contribution in [-0.4, -0.2) is 0 Å². The van der Waals surface area contributed by atoms with E-state index in [1.165, 1.54) is 29.5 Å². The Bertz CT molecular complexity index is 635. The van der Waals surface area contributed by atoms with E-state index < -0.39 is 0 Å². The number of rotatable bonds is 2. The fourth-order valence-corrected chi connectivity index (χ4v) is 4.23. The van der Waals surface area contributed by atoms with E-state index in [-0.39, 0.29) is 5.82 Å². The average Bonchev–Trinajstić information content (AvgIpc) is 2.64. The second-order valence-electron chi connectivity index (χ2n) is 6.03. The Labute approximate surface area is 134 Å². The van der Waals surface area contributed by atoms with Gasteiger partial charge in [-0.3, -0.25) is 0 Å². The molecular weight excluding hydrogens is 327 g/mol. The van der Waals surface area contributed by atoms with Gasteiger partial charge in [-0.2, -0.15) is 0 Å². The molecule has 0 spiro atoms. The summed E-state index contributed by atoms with van der Waals surface area (Å²) in [5, 5.41) is 0. The van der Waals surface area contributed by atoms with Crippen LogP contribution in [0, 0.1) is 18.7 Å². The fraction of sp³-hybridized carbons (Fsp3) is 0.368. The van der Waals surface area contributed by atoms with E-state index in [4.69, 9.17) is 0 Å². The van der Waals surface area contributed by atoms with Crippen molar-refractivity contribution in [2.24, 2.45) is 5.92 Å². The molecule has 0 heterocycles. The van der Waals surface area contributed by atoms with Gasteiger partial charge in [0, 0.05) is 4.83 Å². The quantitative estimate of drug-likeness (QED) is 0.478. The highest BCUT2D eigenvalue weighted by molar-refractivity contribution is 9.09. The topological polar surface area (TPSA) is 0 Å². The van der Waals surface area contributed by atoms with Gasteiger partial charge in [-0.15, -0.1) is 0 Å². The number of alkyl halides is 1. The van der Waals surface area contributed by atoms with Crippen LogP contribution in [-0.2, 0) is 12.8 Å². The summed E-state index contributed by atoms with van der Waals surface area (Å²) in [5.41, 5.74) is 5.20. The monoisotopic (exact) mass is 346 g/mol. The molecule has 2 unspecified atom stereocenters. The third-order valence-corrected chi connectivity index (χ3v) is 5.82. The molecular formula is C19H20BrF. The summed E-state index contributed by atoms with van der Waals surface area (Å²) in [4.78, 5) is 0.360. The number of benzene rings is 2. The molecule has 0 nitrogen and oxygen atoms in total. The van der Waals surface area contributed by atoms with Crippen LogP contribution >= 0.6 is 15.9 Å². The fourth-order valence-electron chi connectivity index (χ4n) is 3.33. The molecule has 2 heteroatoms. The Morgan fingerprint density at radius 2 is 2.00 bits per heavy atom. The van der Waals surface area contributed by atoms with E-state index in [2.05, 4.69) is 47.1 Å². The highest BCUT2D eigenvalue weighted by Crippen LogP contribution is 2.41. The van der Waals surface area contributed by atoms with Crippen LogP contribution in [0.4, 0.5) is 4.39 Å².